The molecule has 4 heterocycles. The number of aromatic amines is 1. The molecule has 14 nitrogen and oxygen atoms in total. The maximum Gasteiger partial charge on any atom is 0.276 e. The summed E-state index contributed by atoms with van der Waals surface area (Å²) in [7, 11) is 0. The zero-order valence-corrected chi connectivity index (χ0v) is 23.8. The number of imide groups is 1. The van der Waals surface area contributed by atoms with Crippen LogP contribution in [0.2, 0.25) is 0 Å². The molecule has 14 heteroatoms. The van der Waals surface area contributed by atoms with Crippen LogP contribution in [0.15, 0.2) is 48.2 Å². The molecule has 236 valence electrons. The van der Waals surface area contributed by atoms with Crippen molar-refractivity contribution < 1.29 is 50.1 Å². The summed E-state index contributed by atoms with van der Waals surface area (Å²) >= 11 is 0. The summed E-state index contributed by atoms with van der Waals surface area (Å²) in [5, 5.41) is 73.5. The molecule has 4 aliphatic rings. The Kier molecular flexibility index (Phi) is 7.26. The third kappa shape index (κ3) is 4.34. The molecule has 3 aliphatic heterocycles. The molecule has 3 aromatic rings. The van der Waals surface area contributed by atoms with Gasteiger partial charge in [-0.2, -0.15) is 0 Å². The second-order valence-corrected chi connectivity index (χ2v) is 11.5. The molecule has 0 bridgehead atoms. The second-order valence-electron chi connectivity index (χ2n) is 11.5. The van der Waals surface area contributed by atoms with Gasteiger partial charge in [0.25, 0.3) is 11.8 Å². The number of H-pyrrole nitrogens is 1. The number of hydrogen-bond acceptors (Lipinski definition) is 12. The number of carbonyl (C=O) groups is 2. The summed E-state index contributed by atoms with van der Waals surface area (Å²) in [6.45, 7) is -1.68. The number of amides is 2. The standard InChI is InChI=1S/C31H32N4O10/c36-10-13(11-37)33-35-29(43)23-21-16-4-2-1-3-5-19(16)34(31-28(42)27(41)26(40)20(12-38)45-31)9-17(21)25-22(24(23)30(35)44)15-7-6-14(39)8-18(15)32-25/h1-2,4-8,13,20,26-28,31-33,36-42H,3,9-12H2. The number of hydrogen-bond donors (Lipinski definition) is 9. The number of phenols is 1. The van der Waals surface area contributed by atoms with E-state index < -0.39 is 68.3 Å². The number of ether oxygens (including phenoxy) is 1. The summed E-state index contributed by atoms with van der Waals surface area (Å²) in [6, 6.07) is 3.60. The molecule has 2 amide bonds. The van der Waals surface area contributed by atoms with Crippen molar-refractivity contribution in [1.82, 2.24) is 20.3 Å². The van der Waals surface area contributed by atoms with Gasteiger partial charge >= 0.3 is 0 Å². The lowest BCUT2D eigenvalue weighted by atomic mass is 9.83. The van der Waals surface area contributed by atoms with Gasteiger partial charge in [-0.05, 0) is 18.6 Å². The Hall–Kier alpha value is -4.12. The number of allylic oxidation sites excluding steroid dienone is 5. The van der Waals surface area contributed by atoms with Crippen LogP contribution in [0.3, 0.4) is 0 Å². The first-order chi connectivity index (χ1) is 21.7. The largest absolute Gasteiger partial charge is 0.508 e. The molecular weight excluding hydrogens is 588 g/mol. The quantitative estimate of drug-likeness (QED) is 0.157. The zero-order chi connectivity index (χ0) is 31.7. The normalized spacial score (nSPS) is 26.3. The van der Waals surface area contributed by atoms with Gasteiger partial charge in [-0.15, -0.1) is 0 Å². The van der Waals surface area contributed by atoms with E-state index in [1.807, 2.05) is 12.2 Å². The molecule has 2 aromatic carbocycles. The summed E-state index contributed by atoms with van der Waals surface area (Å²) in [4.78, 5) is 33.2. The van der Waals surface area contributed by atoms with Crippen LogP contribution in [0.4, 0.5) is 0 Å². The minimum atomic E-state index is -1.62. The average molecular weight is 621 g/mol. The number of carbonyl (C=O) groups excluding carboxylic acids is 2. The first-order valence-corrected chi connectivity index (χ1v) is 14.5. The highest BCUT2D eigenvalue weighted by Crippen LogP contribution is 2.49. The summed E-state index contributed by atoms with van der Waals surface area (Å²) < 4.78 is 5.98. The van der Waals surface area contributed by atoms with Crippen molar-refractivity contribution in [3.8, 4) is 5.75 Å². The zero-order valence-electron chi connectivity index (χ0n) is 23.8. The van der Waals surface area contributed by atoms with E-state index in [1.165, 1.54) is 12.1 Å². The predicted molar refractivity (Wildman–Crippen MR) is 158 cm³/mol. The topological polar surface area (TPSA) is 219 Å². The van der Waals surface area contributed by atoms with Crippen LogP contribution in [0.25, 0.3) is 27.4 Å². The van der Waals surface area contributed by atoms with Gasteiger partial charge in [-0.3, -0.25) is 9.59 Å². The Morgan fingerprint density at radius 3 is 2.49 bits per heavy atom. The molecule has 5 atom stereocenters. The fourth-order valence-corrected chi connectivity index (χ4v) is 6.76. The predicted octanol–water partition coefficient (Wildman–Crippen LogP) is -0.677. The first kappa shape index (κ1) is 29.6. The van der Waals surface area contributed by atoms with E-state index in [9.17, 15) is 45.3 Å². The average Bonchev–Trinajstić information content (AvgIpc) is 3.38. The van der Waals surface area contributed by atoms with Crippen molar-refractivity contribution in [2.45, 2.75) is 49.7 Å². The van der Waals surface area contributed by atoms with Gasteiger partial charge < -0.3 is 50.4 Å². The molecule has 5 unspecified atom stereocenters. The van der Waals surface area contributed by atoms with Crippen LogP contribution in [0.1, 0.15) is 38.3 Å². The number of phenolic OH excluding ortho intramolecular Hbond substituents is 1. The Morgan fingerprint density at radius 2 is 1.76 bits per heavy atom. The van der Waals surface area contributed by atoms with Gasteiger partial charge in [0.05, 0.1) is 48.0 Å². The van der Waals surface area contributed by atoms with Crippen LogP contribution < -0.4 is 5.43 Å². The van der Waals surface area contributed by atoms with Crippen molar-refractivity contribution in [1.29, 1.82) is 0 Å². The highest BCUT2D eigenvalue weighted by atomic mass is 16.6. The van der Waals surface area contributed by atoms with Gasteiger partial charge in [0.2, 0.25) is 0 Å². The van der Waals surface area contributed by atoms with Crippen LogP contribution in [0, 0.1) is 0 Å². The van der Waals surface area contributed by atoms with Gasteiger partial charge in [-0.25, -0.2) is 10.4 Å². The molecule has 7 rings (SSSR count). The van der Waals surface area contributed by atoms with E-state index in [4.69, 9.17) is 4.74 Å². The third-order valence-electron chi connectivity index (χ3n) is 8.93. The van der Waals surface area contributed by atoms with Crippen molar-refractivity contribution in [2.75, 3.05) is 19.8 Å². The molecule has 0 saturated carbocycles. The highest BCUT2D eigenvalue weighted by molar-refractivity contribution is 6.32. The number of aromatic hydroxyl groups is 1. The molecule has 45 heavy (non-hydrogen) atoms. The molecular formula is C31H32N4O10. The summed E-state index contributed by atoms with van der Waals surface area (Å²) in [6.07, 6.45) is 0.617. The van der Waals surface area contributed by atoms with Gasteiger partial charge in [0.15, 0.2) is 6.23 Å². The molecule has 1 fully saturated rings. The number of aliphatic hydroxyl groups is 6. The molecule has 0 radical (unpaired) electrons. The third-order valence-corrected chi connectivity index (χ3v) is 8.93. The van der Waals surface area contributed by atoms with E-state index in [0.717, 1.165) is 5.01 Å². The van der Waals surface area contributed by atoms with E-state index in [1.54, 1.807) is 23.1 Å². The number of benzene rings is 2. The maximum atomic E-state index is 14.2. The lowest BCUT2D eigenvalue weighted by Crippen LogP contribution is -2.63. The number of hydrazine groups is 1. The monoisotopic (exact) mass is 620 g/mol. The number of fused-ring (bicyclic) bond motifs is 10. The Bertz CT molecular complexity index is 1820. The number of aliphatic hydroxyl groups excluding tert-OH is 6. The van der Waals surface area contributed by atoms with Crippen LogP contribution in [0.5, 0.6) is 5.75 Å². The molecule has 9 N–H and O–H groups in total. The van der Waals surface area contributed by atoms with Crippen molar-refractivity contribution in [3.63, 3.8) is 0 Å². The number of nitrogens with one attached hydrogen (secondary N) is 2. The minimum Gasteiger partial charge on any atom is -0.508 e. The molecule has 1 saturated heterocycles. The summed E-state index contributed by atoms with van der Waals surface area (Å²) in [5.41, 5.74) is 5.87. The number of nitrogens with zero attached hydrogens (tertiary/aromatic N) is 2. The number of aromatic nitrogens is 1. The lowest BCUT2D eigenvalue weighted by Gasteiger charge is -2.48. The van der Waals surface area contributed by atoms with E-state index in [-0.39, 0.29) is 23.4 Å². The first-order valence-electron chi connectivity index (χ1n) is 14.5. The smallest absolute Gasteiger partial charge is 0.276 e. The van der Waals surface area contributed by atoms with E-state index in [2.05, 4.69) is 10.4 Å². The van der Waals surface area contributed by atoms with E-state index >= 15 is 0 Å². The lowest BCUT2D eigenvalue weighted by molar-refractivity contribution is -0.261. The Balaban J connectivity index is 1.50. The van der Waals surface area contributed by atoms with Gasteiger partial charge in [0.1, 0.15) is 30.2 Å². The maximum absolute atomic E-state index is 14.2. The summed E-state index contributed by atoms with van der Waals surface area (Å²) in [5.74, 6) is -1.40. The van der Waals surface area contributed by atoms with Gasteiger partial charge in [-0.1, -0.05) is 24.3 Å². The molecule has 0 spiro atoms. The Morgan fingerprint density at radius 1 is 1.00 bits per heavy atom. The highest BCUT2D eigenvalue weighted by Gasteiger charge is 2.50. The minimum absolute atomic E-state index is 0.00852. The van der Waals surface area contributed by atoms with Crippen LogP contribution in [-0.2, 0) is 11.3 Å². The number of rotatable bonds is 6. The van der Waals surface area contributed by atoms with Crippen LogP contribution >= 0.6 is 0 Å². The van der Waals surface area contributed by atoms with Crippen molar-refractivity contribution >= 4 is 39.2 Å². The van der Waals surface area contributed by atoms with Crippen LogP contribution in [-0.4, -0.2) is 119 Å². The Labute approximate surface area is 255 Å². The fourth-order valence-electron chi connectivity index (χ4n) is 6.76. The fraction of sp³-hybridized carbons (Fsp3) is 0.355. The SMILES string of the molecule is O=C1c2c3c(c4[nH]c5cc(O)ccc5c4c2C(=O)N1NC(CO)CO)CN(C1OC(CO)C(O)C(O)C1O)C1=CCC=CC=C13. The van der Waals surface area contributed by atoms with Crippen molar-refractivity contribution in [3.05, 3.63) is 70.5 Å². The van der Waals surface area contributed by atoms with Gasteiger partial charge in [0, 0.05) is 45.8 Å². The second kappa shape index (κ2) is 11.0. The molecule has 1 aromatic heterocycles. The van der Waals surface area contributed by atoms with E-state index in [0.29, 0.717) is 50.6 Å². The van der Waals surface area contributed by atoms with Crippen molar-refractivity contribution in [2.24, 2.45) is 0 Å². The molecule has 1 aliphatic carbocycles.